The number of nitrogens with zero attached hydrogens (tertiary/aromatic N) is 1. The first-order valence-electron chi connectivity index (χ1n) is 7.02. The quantitative estimate of drug-likeness (QED) is 0.856. The summed E-state index contributed by atoms with van der Waals surface area (Å²) in [5.74, 6) is 0.590. The summed E-state index contributed by atoms with van der Waals surface area (Å²) in [6, 6.07) is 13.0. The van der Waals surface area contributed by atoms with Crippen molar-refractivity contribution in [2.45, 2.75) is 19.1 Å². The number of carbonyl (C=O) groups excluding carboxylic acids is 1. The van der Waals surface area contributed by atoms with Crippen molar-refractivity contribution >= 4 is 11.6 Å². The highest BCUT2D eigenvalue weighted by atomic mass is 19.1. The zero-order valence-corrected chi connectivity index (χ0v) is 12.3. The number of ether oxygens (including phenoxy) is 2. The van der Waals surface area contributed by atoms with Crippen LogP contribution in [0.5, 0.6) is 11.5 Å². The second kappa shape index (κ2) is 5.67. The van der Waals surface area contributed by atoms with Crippen LogP contribution in [-0.2, 0) is 4.79 Å². The van der Waals surface area contributed by atoms with Gasteiger partial charge in [-0.25, -0.2) is 4.39 Å². The normalized spacial score (nSPS) is 19.6. The van der Waals surface area contributed by atoms with Crippen LogP contribution in [0.3, 0.4) is 0 Å². The largest absolute Gasteiger partial charge is 0.482 e. The summed E-state index contributed by atoms with van der Waals surface area (Å²) in [5, 5.41) is 0. The molecule has 0 fully saturated rings. The highest BCUT2D eigenvalue weighted by molar-refractivity contribution is 5.96. The van der Waals surface area contributed by atoms with E-state index in [4.69, 9.17) is 9.47 Å². The third-order valence-electron chi connectivity index (χ3n) is 3.63. The number of carbonyl (C=O) groups is 1. The molecule has 2 unspecified atom stereocenters. The Morgan fingerprint density at radius 2 is 1.64 bits per heavy atom. The van der Waals surface area contributed by atoms with Gasteiger partial charge in [-0.1, -0.05) is 12.1 Å². The molecule has 2 aromatic carbocycles. The molecule has 0 aliphatic carbocycles. The minimum Gasteiger partial charge on any atom is -0.482 e. The minimum absolute atomic E-state index is 0.242. The van der Waals surface area contributed by atoms with E-state index in [2.05, 4.69) is 0 Å². The Kier molecular flexibility index (Phi) is 3.71. The van der Waals surface area contributed by atoms with E-state index in [-0.39, 0.29) is 11.7 Å². The first-order valence-corrected chi connectivity index (χ1v) is 7.02. The van der Waals surface area contributed by atoms with Crippen LogP contribution >= 0.6 is 0 Å². The van der Waals surface area contributed by atoms with Crippen LogP contribution in [0.1, 0.15) is 6.92 Å². The fourth-order valence-electron chi connectivity index (χ4n) is 2.37. The van der Waals surface area contributed by atoms with Crippen molar-refractivity contribution in [2.75, 3.05) is 11.9 Å². The first-order chi connectivity index (χ1) is 10.6. The van der Waals surface area contributed by atoms with Gasteiger partial charge < -0.3 is 14.4 Å². The molecular weight excluding hydrogens is 285 g/mol. The van der Waals surface area contributed by atoms with Crippen molar-refractivity contribution < 1.29 is 18.7 Å². The molecule has 114 valence electrons. The molecule has 0 spiro atoms. The molecule has 1 amide bonds. The van der Waals surface area contributed by atoms with E-state index in [0.29, 0.717) is 17.2 Å². The van der Waals surface area contributed by atoms with Gasteiger partial charge in [0.2, 0.25) is 6.10 Å². The van der Waals surface area contributed by atoms with Gasteiger partial charge in [0.15, 0.2) is 11.5 Å². The third kappa shape index (κ3) is 2.62. The Bertz CT molecular complexity index is 687. The standard InChI is InChI=1S/C17H16FNO3/c1-11-16(22-15-6-4-3-5-14(15)21-11)17(20)19(2)13-9-7-12(18)8-10-13/h3-11,16H,1-2H3. The second-order valence-electron chi connectivity index (χ2n) is 5.18. The first kappa shape index (κ1) is 14.4. The van der Waals surface area contributed by atoms with E-state index in [1.54, 1.807) is 38.2 Å². The number of para-hydroxylation sites is 2. The molecule has 0 radical (unpaired) electrons. The van der Waals surface area contributed by atoms with E-state index >= 15 is 0 Å². The van der Waals surface area contributed by atoms with E-state index in [1.165, 1.54) is 17.0 Å². The Labute approximate surface area is 128 Å². The van der Waals surface area contributed by atoms with Crippen molar-refractivity contribution in [3.05, 3.63) is 54.3 Å². The zero-order chi connectivity index (χ0) is 15.7. The van der Waals surface area contributed by atoms with Crippen LogP contribution in [0.15, 0.2) is 48.5 Å². The molecule has 2 aromatic rings. The topological polar surface area (TPSA) is 38.8 Å². The predicted octanol–water partition coefficient (Wildman–Crippen LogP) is 3.02. The molecule has 0 aromatic heterocycles. The van der Waals surface area contributed by atoms with E-state index in [9.17, 15) is 9.18 Å². The molecule has 0 saturated heterocycles. The van der Waals surface area contributed by atoms with Crippen LogP contribution in [-0.4, -0.2) is 25.2 Å². The average Bonchev–Trinajstić information content (AvgIpc) is 2.53. The monoisotopic (exact) mass is 301 g/mol. The van der Waals surface area contributed by atoms with Gasteiger partial charge in [0.25, 0.3) is 5.91 Å². The third-order valence-corrected chi connectivity index (χ3v) is 3.63. The summed E-state index contributed by atoms with van der Waals surface area (Å²) in [6.07, 6.45) is -1.16. The molecular formula is C17H16FNO3. The molecule has 5 heteroatoms. The number of rotatable bonds is 2. The SMILES string of the molecule is CC1Oc2ccccc2OC1C(=O)N(C)c1ccc(F)cc1. The Morgan fingerprint density at radius 1 is 1.05 bits per heavy atom. The van der Waals surface area contributed by atoms with Crippen LogP contribution in [0.4, 0.5) is 10.1 Å². The van der Waals surface area contributed by atoms with Crippen molar-refractivity contribution in [3.63, 3.8) is 0 Å². The summed E-state index contributed by atoms with van der Waals surface area (Å²) in [6.45, 7) is 1.79. The molecule has 2 atom stereocenters. The lowest BCUT2D eigenvalue weighted by atomic mass is 10.1. The fraction of sp³-hybridized carbons (Fsp3) is 0.235. The summed E-state index contributed by atoms with van der Waals surface area (Å²) < 4.78 is 24.5. The van der Waals surface area contributed by atoms with Gasteiger partial charge >= 0.3 is 0 Å². The summed E-state index contributed by atoms with van der Waals surface area (Å²) in [5.41, 5.74) is 0.598. The number of halogens is 1. The number of amides is 1. The van der Waals surface area contributed by atoms with Gasteiger partial charge in [-0.3, -0.25) is 4.79 Å². The Hall–Kier alpha value is -2.56. The van der Waals surface area contributed by atoms with Gasteiger partial charge in [-0.05, 0) is 43.3 Å². The van der Waals surface area contributed by atoms with Gasteiger partial charge in [0, 0.05) is 12.7 Å². The highest BCUT2D eigenvalue weighted by Gasteiger charge is 2.36. The summed E-state index contributed by atoms with van der Waals surface area (Å²) in [4.78, 5) is 14.1. The van der Waals surface area contributed by atoms with E-state index < -0.39 is 12.2 Å². The predicted molar refractivity (Wildman–Crippen MR) is 80.8 cm³/mol. The van der Waals surface area contributed by atoms with Crippen LogP contribution in [0, 0.1) is 5.82 Å². The van der Waals surface area contributed by atoms with Gasteiger partial charge in [-0.15, -0.1) is 0 Å². The van der Waals surface area contributed by atoms with Gasteiger partial charge in [0.05, 0.1) is 0 Å². The Morgan fingerprint density at radius 3 is 2.27 bits per heavy atom. The number of likely N-dealkylation sites (N-methyl/N-ethyl adjacent to an activating group) is 1. The van der Waals surface area contributed by atoms with Crippen LogP contribution < -0.4 is 14.4 Å². The number of benzene rings is 2. The van der Waals surface area contributed by atoms with Crippen LogP contribution in [0.25, 0.3) is 0 Å². The van der Waals surface area contributed by atoms with E-state index in [1.807, 2.05) is 12.1 Å². The van der Waals surface area contributed by atoms with Crippen LogP contribution in [0.2, 0.25) is 0 Å². The molecule has 0 N–H and O–H groups in total. The smallest absolute Gasteiger partial charge is 0.271 e. The number of fused-ring (bicyclic) bond motifs is 1. The van der Waals surface area contributed by atoms with Crippen molar-refractivity contribution in [3.8, 4) is 11.5 Å². The number of hydrogen-bond acceptors (Lipinski definition) is 3. The second-order valence-corrected chi connectivity index (χ2v) is 5.18. The molecule has 3 rings (SSSR count). The number of hydrogen-bond donors (Lipinski definition) is 0. The molecule has 22 heavy (non-hydrogen) atoms. The molecule has 4 nitrogen and oxygen atoms in total. The average molecular weight is 301 g/mol. The maximum absolute atomic E-state index is 13.0. The Balaban J connectivity index is 1.81. The zero-order valence-electron chi connectivity index (χ0n) is 12.3. The van der Waals surface area contributed by atoms with Crippen molar-refractivity contribution in [1.82, 2.24) is 0 Å². The molecule has 1 aliphatic rings. The van der Waals surface area contributed by atoms with Crippen molar-refractivity contribution in [1.29, 1.82) is 0 Å². The lowest BCUT2D eigenvalue weighted by molar-refractivity contribution is -0.130. The molecule has 0 bridgehead atoms. The van der Waals surface area contributed by atoms with Gasteiger partial charge in [0.1, 0.15) is 11.9 Å². The molecule has 1 aliphatic heterocycles. The van der Waals surface area contributed by atoms with E-state index in [0.717, 1.165) is 0 Å². The molecule has 0 saturated carbocycles. The number of anilines is 1. The fourth-order valence-corrected chi connectivity index (χ4v) is 2.37. The lowest BCUT2D eigenvalue weighted by Gasteiger charge is -2.33. The van der Waals surface area contributed by atoms with Crippen molar-refractivity contribution in [2.24, 2.45) is 0 Å². The van der Waals surface area contributed by atoms with Gasteiger partial charge in [-0.2, -0.15) is 0 Å². The summed E-state index contributed by atoms with van der Waals surface area (Å²) in [7, 11) is 1.63. The summed E-state index contributed by atoms with van der Waals surface area (Å²) >= 11 is 0. The molecule has 1 heterocycles. The minimum atomic E-state index is -0.745. The highest BCUT2D eigenvalue weighted by Crippen LogP contribution is 2.34. The maximum atomic E-state index is 13.0. The maximum Gasteiger partial charge on any atom is 0.271 e. The lowest BCUT2D eigenvalue weighted by Crippen LogP contribution is -2.49.